The molecule has 0 unspecified atom stereocenters. The van der Waals surface area contributed by atoms with E-state index in [0.717, 1.165) is 24.5 Å². The molecule has 112 valence electrons. The van der Waals surface area contributed by atoms with Crippen molar-refractivity contribution in [1.29, 1.82) is 0 Å². The Kier molecular flexibility index (Phi) is 5.50. The second-order valence-electron chi connectivity index (χ2n) is 6.09. The quantitative estimate of drug-likeness (QED) is 0.613. The van der Waals surface area contributed by atoms with E-state index in [1.807, 2.05) is 0 Å². The van der Waals surface area contributed by atoms with Crippen LogP contribution in [-0.2, 0) is 6.42 Å². The van der Waals surface area contributed by atoms with Gasteiger partial charge in [-0.2, -0.15) is 0 Å². The van der Waals surface area contributed by atoms with Gasteiger partial charge in [-0.25, -0.2) is 13.2 Å². The zero-order valence-corrected chi connectivity index (χ0v) is 12.1. The minimum absolute atomic E-state index is 0.567. The minimum atomic E-state index is -1.37. The van der Waals surface area contributed by atoms with E-state index in [2.05, 4.69) is 6.92 Å². The first-order valence-electron chi connectivity index (χ1n) is 7.73. The third-order valence-corrected chi connectivity index (χ3v) is 4.55. The molecule has 0 saturated heterocycles. The van der Waals surface area contributed by atoms with Crippen molar-refractivity contribution in [1.82, 2.24) is 0 Å². The van der Waals surface area contributed by atoms with E-state index in [1.54, 1.807) is 0 Å². The first-order chi connectivity index (χ1) is 9.60. The molecule has 1 saturated carbocycles. The SMILES string of the molecule is CCCC1CCC(CCc2cc(F)c(F)c(F)c2)CC1. The number of hydrogen-bond acceptors (Lipinski definition) is 0. The standard InChI is InChI=1S/C17H23F3/c1-2-3-12-4-6-13(7-5-12)8-9-14-10-15(18)17(20)16(19)11-14/h10-13H,2-9H2,1H3. The van der Waals surface area contributed by atoms with Gasteiger partial charge in [-0.1, -0.05) is 45.4 Å². The monoisotopic (exact) mass is 284 g/mol. The first kappa shape index (κ1) is 15.4. The number of benzene rings is 1. The minimum Gasteiger partial charge on any atom is -0.204 e. The Hall–Kier alpha value is -0.990. The Morgan fingerprint density at radius 3 is 1.90 bits per heavy atom. The second kappa shape index (κ2) is 7.14. The van der Waals surface area contributed by atoms with Gasteiger partial charge < -0.3 is 0 Å². The van der Waals surface area contributed by atoms with Crippen LogP contribution in [0.25, 0.3) is 0 Å². The molecule has 0 bridgehead atoms. The van der Waals surface area contributed by atoms with Gasteiger partial charge in [0.1, 0.15) is 0 Å². The second-order valence-corrected chi connectivity index (χ2v) is 6.09. The molecule has 1 aliphatic carbocycles. The van der Waals surface area contributed by atoms with Crippen LogP contribution in [0.15, 0.2) is 12.1 Å². The molecule has 3 heteroatoms. The van der Waals surface area contributed by atoms with Crippen molar-refractivity contribution in [3.8, 4) is 0 Å². The fourth-order valence-corrected chi connectivity index (χ4v) is 3.34. The van der Waals surface area contributed by atoms with E-state index >= 15 is 0 Å². The molecule has 1 aliphatic rings. The average Bonchev–Trinajstić information content (AvgIpc) is 2.44. The molecule has 0 aromatic heterocycles. The van der Waals surface area contributed by atoms with Crippen molar-refractivity contribution in [2.75, 3.05) is 0 Å². The van der Waals surface area contributed by atoms with E-state index < -0.39 is 17.5 Å². The molecule has 20 heavy (non-hydrogen) atoms. The summed E-state index contributed by atoms with van der Waals surface area (Å²) in [7, 11) is 0. The van der Waals surface area contributed by atoms with Gasteiger partial charge in [0, 0.05) is 0 Å². The summed E-state index contributed by atoms with van der Waals surface area (Å²) in [6.07, 6.45) is 9.16. The molecule has 0 atom stereocenters. The van der Waals surface area contributed by atoms with Crippen LogP contribution in [0, 0.1) is 29.3 Å². The Balaban J connectivity index is 1.82. The molecule has 0 nitrogen and oxygen atoms in total. The molecule has 0 radical (unpaired) electrons. The molecular formula is C17H23F3. The highest BCUT2D eigenvalue weighted by Crippen LogP contribution is 2.33. The van der Waals surface area contributed by atoms with Gasteiger partial charge in [-0.3, -0.25) is 0 Å². The molecule has 0 aliphatic heterocycles. The summed E-state index contributed by atoms with van der Waals surface area (Å²) in [6.45, 7) is 2.23. The van der Waals surface area contributed by atoms with Crippen LogP contribution in [-0.4, -0.2) is 0 Å². The van der Waals surface area contributed by atoms with Crippen LogP contribution >= 0.6 is 0 Å². The topological polar surface area (TPSA) is 0 Å². The van der Waals surface area contributed by atoms with Crippen LogP contribution in [0.1, 0.15) is 57.4 Å². The molecule has 0 heterocycles. The molecule has 0 N–H and O–H groups in total. The van der Waals surface area contributed by atoms with Gasteiger partial charge in [0.25, 0.3) is 0 Å². The van der Waals surface area contributed by atoms with Crippen molar-refractivity contribution in [2.24, 2.45) is 11.8 Å². The van der Waals surface area contributed by atoms with Gasteiger partial charge >= 0.3 is 0 Å². The van der Waals surface area contributed by atoms with Gasteiger partial charge in [-0.05, 0) is 42.4 Å². The number of aryl methyl sites for hydroxylation is 1. The van der Waals surface area contributed by atoms with Crippen molar-refractivity contribution in [2.45, 2.75) is 58.3 Å². The fourth-order valence-electron chi connectivity index (χ4n) is 3.34. The fraction of sp³-hybridized carbons (Fsp3) is 0.647. The smallest absolute Gasteiger partial charge is 0.194 e. The zero-order chi connectivity index (χ0) is 14.5. The Labute approximate surface area is 119 Å². The first-order valence-corrected chi connectivity index (χ1v) is 7.73. The molecular weight excluding hydrogens is 261 g/mol. The molecule has 1 aromatic rings. The number of halogens is 3. The van der Waals surface area contributed by atoms with Crippen molar-refractivity contribution >= 4 is 0 Å². The lowest BCUT2D eigenvalue weighted by atomic mass is 9.78. The van der Waals surface area contributed by atoms with Crippen molar-refractivity contribution in [3.63, 3.8) is 0 Å². The number of hydrogen-bond donors (Lipinski definition) is 0. The predicted molar refractivity (Wildman–Crippen MR) is 75.0 cm³/mol. The van der Waals surface area contributed by atoms with Crippen LogP contribution in [0.2, 0.25) is 0 Å². The van der Waals surface area contributed by atoms with Gasteiger partial charge in [0.05, 0.1) is 0 Å². The summed E-state index contributed by atoms with van der Waals surface area (Å²) >= 11 is 0. The number of rotatable bonds is 5. The van der Waals surface area contributed by atoms with Gasteiger partial charge in [-0.15, -0.1) is 0 Å². The highest BCUT2D eigenvalue weighted by atomic mass is 19.2. The maximum Gasteiger partial charge on any atom is 0.194 e. The summed E-state index contributed by atoms with van der Waals surface area (Å²) < 4.78 is 39.1. The Morgan fingerprint density at radius 1 is 0.900 bits per heavy atom. The normalized spacial score (nSPS) is 23.0. The molecule has 2 rings (SSSR count). The third-order valence-electron chi connectivity index (χ3n) is 4.55. The lowest BCUT2D eigenvalue weighted by Crippen LogP contribution is -2.15. The third kappa shape index (κ3) is 4.00. The lowest BCUT2D eigenvalue weighted by molar-refractivity contribution is 0.252. The zero-order valence-electron chi connectivity index (χ0n) is 12.1. The van der Waals surface area contributed by atoms with E-state index in [0.29, 0.717) is 17.9 Å². The van der Waals surface area contributed by atoms with Crippen molar-refractivity contribution < 1.29 is 13.2 Å². The van der Waals surface area contributed by atoms with Crippen LogP contribution in [0.3, 0.4) is 0 Å². The van der Waals surface area contributed by atoms with Gasteiger partial charge in [0.15, 0.2) is 17.5 Å². The van der Waals surface area contributed by atoms with E-state index in [1.165, 1.54) is 38.5 Å². The molecule has 1 fully saturated rings. The highest BCUT2D eigenvalue weighted by Gasteiger charge is 2.20. The summed E-state index contributed by atoms with van der Waals surface area (Å²) in [4.78, 5) is 0. The summed E-state index contributed by atoms with van der Waals surface area (Å²) in [5.74, 6) is -2.00. The molecule has 0 amide bonds. The van der Waals surface area contributed by atoms with E-state index in [9.17, 15) is 13.2 Å². The van der Waals surface area contributed by atoms with Crippen LogP contribution < -0.4 is 0 Å². The molecule has 1 aromatic carbocycles. The average molecular weight is 284 g/mol. The summed E-state index contributed by atoms with van der Waals surface area (Å²) in [5.41, 5.74) is 0.567. The van der Waals surface area contributed by atoms with Crippen molar-refractivity contribution in [3.05, 3.63) is 35.1 Å². The van der Waals surface area contributed by atoms with Gasteiger partial charge in [0.2, 0.25) is 0 Å². The molecule has 0 spiro atoms. The maximum atomic E-state index is 13.1. The van der Waals surface area contributed by atoms with Crippen LogP contribution in [0.4, 0.5) is 13.2 Å². The Morgan fingerprint density at radius 2 is 1.40 bits per heavy atom. The summed E-state index contributed by atoms with van der Waals surface area (Å²) in [6, 6.07) is 2.25. The summed E-state index contributed by atoms with van der Waals surface area (Å²) in [5, 5.41) is 0. The van der Waals surface area contributed by atoms with Crippen LogP contribution in [0.5, 0.6) is 0 Å². The highest BCUT2D eigenvalue weighted by molar-refractivity contribution is 5.19. The predicted octanol–water partition coefficient (Wildman–Crippen LogP) is 5.64. The maximum absolute atomic E-state index is 13.1. The van der Waals surface area contributed by atoms with E-state index in [-0.39, 0.29) is 0 Å². The van der Waals surface area contributed by atoms with E-state index in [4.69, 9.17) is 0 Å². The Bertz CT molecular complexity index is 411. The largest absolute Gasteiger partial charge is 0.204 e. The lowest BCUT2D eigenvalue weighted by Gasteiger charge is -2.28.